The Morgan fingerprint density at radius 2 is 1.76 bits per heavy atom. The number of carboxylic acid groups (broad SMARTS) is 1. The van der Waals surface area contributed by atoms with Crippen molar-refractivity contribution in [1.82, 2.24) is 15.0 Å². The van der Waals surface area contributed by atoms with Crippen molar-refractivity contribution in [3.05, 3.63) is 10.6 Å². The maximum absolute atomic E-state index is 9.87. The molecular formula is C9H14Cl2N4O2. The van der Waals surface area contributed by atoms with Gasteiger partial charge in [-0.3, -0.25) is 4.79 Å². The lowest BCUT2D eigenvalue weighted by Gasteiger charge is -1.90. The molecule has 1 rings (SSSR count). The number of carboxylic acids is 1. The lowest BCUT2D eigenvalue weighted by atomic mass is 10.2. The molecule has 0 saturated heterocycles. The average Bonchev–Trinajstić information content (AvgIpc) is 2.16. The molecule has 0 aromatic carbocycles. The van der Waals surface area contributed by atoms with Gasteiger partial charge >= 0.3 is 5.97 Å². The zero-order chi connectivity index (χ0) is 13.3. The minimum Gasteiger partial charge on any atom is -0.481 e. The predicted molar refractivity (Wildman–Crippen MR) is 66.0 cm³/mol. The molecule has 0 spiro atoms. The fourth-order valence-corrected chi connectivity index (χ4v) is 1.24. The van der Waals surface area contributed by atoms with Gasteiger partial charge in [0.05, 0.1) is 0 Å². The van der Waals surface area contributed by atoms with Crippen LogP contribution in [0.5, 0.6) is 0 Å². The number of hydrogen-bond acceptors (Lipinski definition) is 5. The molecule has 1 aromatic rings. The molecule has 0 unspecified atom stereocenters. The second-order valence-corrected chi connectivity index (χ2v) is 3.76. The first-order chi connectivity index (χ1) is 7.95. The Morgan fingerprint density at radius 3 is 2.12 bits per heavy atom. The van der Waals surface area contributed by atoms with Gasteiger partial charge < -0.3 is 10.8 Å². The Kier molecular flexibility index (Phi) is 8.35. The van der Waals surface area contributed by atoms with Gasteiger partial charge in [0.25, 0.3) is 0 Å². The minimum absolute atomic E-state index is 0.00694. The Hall–Kier alpha value is -1.14. The van der Waals surface area contributed by atoms with Crippen molar-refractivity contribution in [3.8, 4) is 0 Å². The Morgan fingerprint density at radius 1 is 1.24 bits per heavy atom. The van der Waals surface area contributed by atoms with E-state index in [4.69, 9.17) is 34.0 Å². The van der Waals surface area contributed by atoms with Gasteiger partial charge in [-0.25, -0.2) is 0 Å². The number of anilines is 1. The summed E-state index contributed by atoms with van der Waals surface area (Å²) in [6.07, 6.45) is 3.28. The third kappa shape index (κ3) is 9.77. The lowest BCUT2D eigenvalue weighted by molar-refractivity contribution is -0.137. The summed E-state index contributed by atoms with van der Waals surface area (Å²) >= 11 is 10.6. The van der Waals surface area contributed by atoms with E-state index in [2.05, 4.69) is 21.9 Å². The predicted octanol–water partition coefficient (Wildman–Crippen LogP) is 2.41. The number of aliphatic carboxylic acids is 1. The van der Waals surface area contributed by atoms with E-state index in [-0.39, 0.29) is 16.5 Å². The molecule has 0 aliphatic rings. The Balaban J connectivity index is 0.000000304. The van der Waals surface area contributed by atoms with Crippen LogP contribution in [0.4, 0.5) is 5.95 Å². The number of rotatable bonds is 4. The summed E-state index contributed by atoms with van der Waals surface area (Å²) in [4.78, 5) is 20.3. The molecule has 1 heterocycles. The highest BCUT2D eigenvalue weighted by Crippen LogP contribution is 2.05. The van der Waals surface area contributed by atoms with Crippen LogP contribution in [0.2, 0.25) is 10.6 Å². The van der Waals surface area contributed by atoms with Crippen molar-refractivity contribution in [2.45, 2.75) is 32.6 Å². The summed E-state index contributed by atoms with van der Waals surface area (Å²) in [5.41, 5.74) is 5.13. The second-order valence-electron chi connectivity index (χ2n) is 3.08. The molecule has 0 aliphatic carbocycles. The van der Waals surface area contributed by atoms with Crippen LogP contribution in [0.15, 0.2) is 0 Å². The average molecular weight is 281 g/mol. The van der Waals surface area contributed by atoms with E-state index in [1.165, 1.54) is 0 Å². The first-order valence-electron chi connectivity index (χ1n) is 5.00. The zero-order valence-corrected chi connectivity index (χ0v) is 10.9. The minimum atomic E-state index is -0.682. The van der Waals surface area contributed by atoms with Crippen LogP contribution in [-0.4, -0.2) is 26.0 Å². The van der Waals surface area contributed by atoms with Crippen LogP contribution in [0.1, 0.15) is 32.6 Å². The number of aromatic nitrogens is 3. The van der Waals surface area contributed by atoms with Crippen LogP contribution in [-0.2, 0) is 4.79 Å². The molecule has 0 saturated carbocycles. The van der Waals surface area contributed by atoms with Gasteiger partial charge in [0.1, 0.15) is 0 Å². The molecule has 0 amide bonds. The van der Waals surface area contributed by atoms with Crippen LogP contribution in [0.3, 0.4) is 0 Å². The van der Waals surface area contributed by atoms with Crippen molar-refractivity contribution in [2.75, 3.05) is 5.73 Å². The highest BCUT2D eigenvalue weighted by molar-refractivity contribution is 6.31. The Labute approximate surface area is 109 Å². The number of nitrogen functional groups attached to an aromatic ring is 1. The highest BCUT2D eigenvalue weighted by atomic mass is 35.5. The van der Waals surface area contributed by atoms with E-state index in [1.54, 1.807) is 0 Å². The molecule has 0 fully saturated rings. The van der Waals surface area contributed by atoms with Crippen LogP contribution < -0.4 is 5.73 Å². The first-order valence-corrected chi connectivity index (χ1v) is 5.75. The van der Waals surface area contributed by atoms with Gasteiger partial charge in [-0.15, -0.1) is 0 Å². The van der Waals surface area contributed by atoms with E-state index in [0.29, 0.717) is 6.42 Å². The van der Waals surface area contributed by atoms with Gasteiger partial charge in [-0.05, 0) is 29.6 Å². The number of unbranched alkanes of at least 4 members (excludes halogenated alkanes) is 2. The molecule has 96 valence electrons. The summed E-state index contributed by atoms with van der Waals surface area (Å²) in [6, 6.07) is 0. The molecule has 0 atom stereocenters. The summed E-state index contributed by atoms with van der Waals surface area (Å²) < 4.78 is 0. The quantitative estimate of drug-likeness (QED) is 0.821. The number of nitrogens with zero attached hydrogens (tertiary/aromatic N) is 3. The molecule has 6 nitrogen and oxygen atoms in total. The molecule has 3 N–H and O–H groups in total. The van der Waals surface area contributed by atoms with E-state index in [0.717, 1.165) is 19.3 Å². The fraction of sp³-hybridized carbons (Fsp3) is 0.556. The lowest BCUT2D eigenvalue weighted by Crippen LogP contribution is -1.96. The van der Waals surface area contributed by atoms with Crippen molar-refractivity contribution in [3.63, 3.8) is 0 Å². The summed E-state index contributed by atoms with van der Waals surface area (Å²) in [5.74, 6) is -0.654. The monoisotopic (exact) mass is 280 g/mol. The topological polar surface area (TPSA) is 102 Å². The van der Waals surface area contributed by atoms with Gasteiger partial charge in [-0.2, -0.15) is 15.0 Å². The van der Waals surface area contributed by atoms with Crippen molar-refractivity contribution < 1.29 is 9.90 Å². The summed E-state index contributed by atoms with van der Waals surface area (Å²) in [5, 5.41) is 8.15. The highest BCUT2D eigenvalue weighted by Gasteiger charge is 1.96. The van der Waals surface area contributed by atoms with E-state index in [9.17, 15) is 4.79 Å². The van der Waals surface area contributed by atoms with Gasteiger partial charge in [0.15, 0.2) is 0 Å². The van der Waals surface area contributed by atoms with E-state index in [1.807, 2.05) is 0 Å². The maximum Gasteiger partial charge on any atom is 0.303 e. The molecular weight excluding hydrogens is 267 g/mol. The third-order valence-corrected chi connectivity index (χ3v) is 1.93. The molecule has 0 bridgehead atoms. The molecule has 8 heteroatoms. The second kappa shape index (κ2) is 8.95. The summed E-state index contributed by atoms with van der Waals surface area (Å²) in [6.45, 7) is 2.06. The number of carbonyl (C=O) groups is 1. The molecule has 1 aromatic heterocycles. The van der Waals surface area contributed by atoms with Crippen molar-refractivity contribution in [1.29, 1.82) is 0 Å². The van der Waals surface area contributed by atoms with E-state index < -0.39 is 5.97 Å². The van der Waals surface area contributed by atoms with Gasteiger partial charge in [-0.1, -0.05) is 19.8 Å². The van der Waals surface area contributed by atoms with Crippen LogP contribution in [0.25, 0.3) is 0 Å². The van der Waals surface area contributed by atoms with E-state index >= 15 is 0 Å². The first kappa shape index (κ1) is 15.9. The number of hydrogen-bond donors (Lipinski definition) is 2. The largest absolute Gasteiger partial charge is 0.481 e. The molecule has 0 radical (unpaired) electrons. The van der Waals surface area contributed by atoms with Crippen molar-refractivity contribution in [2.24, 2.45) is 0 Å². The number of halogens is 2. The standard InChI is InChI=1S/C6H12O2.C3H2Cl2N4/c1-2-3-4-5-6(7)8;4-1-7-2(5)9-3(6)8-1/h2-5H2,1H3,(H,7,8);(H2,6,7,8,9). The molecule has 17 heavy (non-hydrogen) atoms. The van der Waals surface area contributed by atoms with Gasteiger partial charge in [0, 0.05) is 6.42 Å². The van der Waals surface area contributed by atoms with Crippen LogP contribution >= 0.6 is 23.2 Å². The normalized spacial score (nSPS) is 9.35. The Bertz CT molecular complexity index is 312. The van der Waals surface area contributed by atoms with Crippen molar-refractivity contribution >= 4 is 35.1 Å². The maximum atomic E-state index is 9.87. The SMILES string of the molecule is CCCCCC(=O)O.Nc1nc(Cl)nc(Cl)n1. The van der Waals surface area contributed by atoms with Gasteiger partial charge in [0.2, 0.25) is 16.5 Å². The van der Waals surface area contributed by atoms with Crippen LogP contribution in [0, 0.1) is 0 Å². The summed E-state index contributed by atoms with van der Waals surface area (Å²) in [7, 11) is 0. The fourth-order valence-electron chi connectivity index (χ4n) is 0.866. The third-order valence-electron chi connectivity index (χ3n) is 1.59. The number of nitrogens with two attached hydrogens (primary N) is 1. The molecule has 0 aliphatic heterocycles. The smallest absolute Gasteiger partial charge is 0.303 e. The zero-order valence-electron chi connectivity index (χ0n) is 9.36.